The Bertz CT molecular complexity index is 262. The fourth-order valence-corrected chi connectivity index (χ4v) is 0.581. The molecule has 7 heteroatoms. The Morgan fingerprint density at radius 2 is 1.92 bits per heavy atom. The van der Waals surface area contributed by atoms with Gasteiger partial charge in [-0.25, -0.2) is 4.98 Å². The van der Waals surface area contributed by atoms with E-state index in [0.717, 1.165) is 5.82 Å². The third-order valence-electron chi connectivity index (χ3n) is 1.06. The van der Waals surface area contributed by atoms with Crippen LogP contribution in [0.5, 0.6) is 0 Å². The molecule has 74 valence electrons. The minimum Gasteiger partial charge on any atom is -0.418 e. The van der Waals surface area contributed by atoms with Gasteiger partial charge in [-0.15, -0.1) is 0 Å². The summed E-state index contributed by atoms with van der Waals surface area (Å²) in [4.78, 5) is 3.98. The van der Waals surface area contributed by atoms with E-state index in [4.69, 9.17) is 0 Å². The van der Waals surface area contributed by atoms with Crippen LogP contribution in [0.3, 0.4) is 0 Å². The molecule has 0 fully saturated rings. The molecule has 0 N–H and O–H groups in total. The zero-order valence-corrected chi connectivity index (χ0v) is 6.92. The van der Waals surface area contributed by atoms with Crippen LogP contribution in [0.15, 0.2) is 19.0 Å². The molecular weight excluding hydrogens is 187 g/mol. The zero-order chi connectivity index (χ0) is 10.5. The second-order valence-electron chi connectivity index (χ2n) is 2.06. The predicted molar refractivity (Wildman–Crippen MR) is 43.5 cm³/mol. The number of imidazole rings is 1. The van der Waals surface area contributed by atoms with Gasteiger partial charge in [0.15, 0.2) is 0 Å². The Morgan fingerprint density at radius 3 is 2.08 bits per heavy atom. The molecule has 0 bridgehead atoms. The summed E-state index contributed by atoms with van der Waals surface area (Å²) in [5.74, 6) is 0.972. The number of halogens is 4. The minimum absolute atomic E-state index is 0.972. The van der Waals surface area contributed by atoms with E-state index < -0.39 is 7.25 Å². The highest BCUT2D eigenvalue weighted by molar-refractivity contribution is 6.50. The normalized spacial score (nSPS) is 10.2. The quantitative estimate of drug-likeness (QED) is 0.497. The maximum absolute atomic E-state index is 9.75. The van der Waals surface area contributed by atoms with Crippen molar-refractivity contribution >= 4 is 13.5 Å². The summed E-state index contributed by atoms with van der Waals surface area (Å²) in [5, 5.41) is 0. The van der Waals surface area contributed by atoms with Gasteiger partial charge in [0.05, 0.1) is 0 Å². The number of hydrogen-bond donors (Lipinski definition) is 0. The lowest BCUT2D eigenvalue weighted by atomic mass is 10.3. The van der Waals surface area contributed by atoms with Crippen molar-refractivity contribution in [1.29, 1.82) is 0 Å². The molecule has 0 amide bonds. The van der Waals surface area contributed by atoms with Crippen LogP contribution in [0.1, 0.15) is 5.82 Å². The van der Waals surface area contributed by atoms with Gasteiger partial charge in [0, 0.05) is 18.6 Å². The smallest absolute Gasteiger partial charge is 0.418 e. The first-order chi connectivity index (χ1) is 5.84. The van der Waals surface area contributed by atoms with E-state index in [1.54, 1.807) is 12.4 Å². The summed E-state index contributed by atoms with van der Waals surface area (Å²) in [5.41, 5.74) is 0. The molecule has 0 unspecified atom stereocenters. The molecule has 0 atom stereocenters. The van der Waals surface area contributed by atoms with Gasteiger partial charge in [-0.2, -0.15) is 0 Å². The highest BCUT2D eigenvalue weighted by Gasteiger charge is 2.20. The van der Waals surface area contributed by atoms with Crippen LogP contribution < -0.4 is 0 Å². The van der Waals surface area contributed by atoms with E-state index in [1.165, 1.54) is 0 Å². The number of aryl methyl sites for hydroxylation is 1. The number of aromatic nitrogens is 2. The monoisotopic (exact) mass is 195 g/mol. The van der Waals surface area contributed by atoms with E-state index in [2.05, 4.69) is 11.6 Å². The Hall–Kier alpha value is -1.27. The van der Waals surface area contributed by atoms with E-state index >= 15 is 0 Å². The van der Waals surface area contributed by atoms with E-state index in [1.807, 2.05) is 17.7 Å². The van der Waals surface area contributed by atoms with Crippen LogP contribution in [0.25, 0.3) is 6.20 Å². The molecule has 0 saturated heterocycles. The maximum atomic E-state index is 9.75. The largest absolute Gasteiger partial charge is 0.673 e. The van der Waals surface area contributed by atoms with Crippen molar-refractivity contribution < 1.29 is 17.3 Å². The Balaban J connectivity index is 0.000000252. The molecule has 0 aromatic carbocycles. The van der Waals surface area contributed by atoms with Gasteiger partial charge >= 0.3 is 7.25 Å². The first-order valence-electron chi connectivity index (χ1n) is 3.34. The Labute approximate surface area is 73.0 Å². The summed E-state index contributed by atoms with van der Waals surface area (Å²) in [6.45, 7) is 5.52. The number of hydrogen-bond acceptors (Lipinski definition) is 1. The summed E-state index contributed by atoms with van der Waals surface area (Å²) in [7, 11) is -6.00. The maximum Gasteiger partial charge on any atom is 0.673 e. The molecule has 1 heterocycles. The van der Waals surface area contributed by atoms with Crippen molar-refractivity contribution in [3.05, 3.63) is 24.8 Å². The molecule has 0 aliphatic heterocycles. The highest BCUT2D eigenvalue weighted by Crippen LogP contribution is 2.06. The lowest BCUT2D eigenvalue weighted by molar-refractivity contribution is 0.368. The average Bonchev–Trinajstić information content (AvgIpc) is 2.31. The second-order valence-corrected chi connectivity index (χ2v) is 2.06. The van der Waals surface area contributed by atoms with Crippen LogP contribution in [-0.4, -0.2) is 16.8 Å². The summed E-state index contributed by atoms with van der Waals surface area (Å²) in [6, 6.07) is 0. The molecule has 0 spiro atoms. The molecule has 1 rings (SSSR count). The van der Waals surface area contributed by atoms with Gasteiger partial charge in [0.1, 0.15) is 5.82 Å². The third-order valence-corrected chi connectivity index (χ3v) is 1.06. The second kappa shape index (κ2) is 4.69. The minimum atomic E-state index is -6.00. The number of rotatable bonds is 1. The molecule has 2 nitrogen and oxygen atoms in total. The van der Waals surface area contributed by atoms with Crippen molar-refractivity contribution in [1.82, 2.24) is 9.55 Å². The Morgan fingerprint density at radius 1 is 1.46 bits per heavy atom. The fourth-order valence-electron chi connectivity index (χ4n) is 0.581. The van der Waals surface area contributed by atoms with E-state index in [-0.39, 0.29) is 0 Å². The summed E-state index contributed by atoms with van der Waals surface area (Å²) < 4.78 is 40.9. The molecule has 0 saturated carbocycles. The predicted octanol–water partition coefficient (Wildman–Crippen LogP) is 2.59. The third kappa shape index (κ3) is 7.11. The van der Waals surface area contributed by atoms with E-state index in [9.17, 15) is 17.3 Å². The zero-order valence-electron chi connectivity index (χ0n) is 6.92. The van der Waals surface area contributed by atoms with Crippen LogP contribution >= 0.6 is 0 Å². The van der Waals surface area contributed by atoms with Crippen molar-refractivity contribution in [2.45, 2.75) is 6.92 Å². The first kappa shape index (κ1) is 11.7. The van der Waals surface area contributed by atoms with Crippen molar-refractivity contribution in [3.63, 3.8) is 0 Å². The molecule has 0 aliphatic carbocycles. The van der Waals surface area contributed by atoms with Crippen LogP contribution in [0.4, 0.5) is 17.3 Å². The average molecular weight is 195 g/mol. The highest BCUT2D eigenvalue weighted by atomic mass is 19.5. The van der Waals surface area contributed by atoms with Crippen LogP contribution in [0.2, 0.25) is 0 Å². The standard InChI is InChI=1S/C6H8N2.BF4/c1-3-8-5-4-7-6(8)2;2-1(3,4)5/h3-5H,1H2,2H3;/q;-1. The fraction of sp³-hybridized carbons (Fsp3) is 0.167. The lowest BCUT2D eigenvalue weighted by Gasteiger charge is -1.94. The molecule has 1 aromatic heterocycles. The van der Waals surface area contributed by atoms with Crippen LogP contribution in [-0.2, 0) is 0 Å². The van der Waals surface area contributed by atoms with Gasteiger partial charge in [0.2, 0.25) is 0 Å². The molecular formula is C6H8BF4N2-. The van der Waals surface area contributed by atoms with Crippen LogP contribution in [0, 0.1) is 6.92 Å². The van der Waals surface area contributed by atoms with Crippen molar-refractivity contribution in [3.8, 4) is 0 Å². The van der Waals surface area contributed by atoms with Gasteiger partial charge < -0.3 is 21.8 Å². The van der Waals surface area contributed by atoms with Gasteiger partial charge in [0.25, 0.3) is 0 Å². The van der Waals surface area contributed by atoms with Gasteiger partial charge in [-0.1, -0.05) is 6.58 Å². The molecule has 1 aromatic rings. The molecule has 0 aliphatic rings. The first-order valence-corrected chi connectivity index (χ1v) is 3.34. The number of nitrogens with zero attached hydrogens (tertiary/aromatic N) is 2. The van der Waals surface area contributed by atoms with Crippen molar-refractivity contribution in [2.75, 3.05) is 0 Å². The van der Waals surface area contributed by atoms with Crippen molar-refractivity contribution in [2.24, 2.45) is 0 Å². The van der Waals surface area contributed by atoms with Gasteiger partial charge in [-0.05, 0) is 6.92 Å². The van der Waals surface area contributed by atoms with Gasteiger partial charge in [-0.3, -0.25) is 0 Å². The SMILES string of the molecule is C=Cn1ccnc1C.F[B-](F)(F)F. The summed E-state index contributed by atoms with van der Waals surface area (Å²) in [6.07, 6.45) is 5.34. The lowest BCUT2D eigenvalue weighted by Crippen LogP contribution is -2.02. The molecule has 13 heavy (non-hydrogen) atoms. The molecule has 0 radical (unpaired) electrons. The topological polar surface area (TPSA) is 17.8 Å². The Kier molecular flexibility index (Phi) is 4.23. The van der Waals surface area contributed by atoms with E-state index in [0.29, 0.717) is 0 Å². The summed E-state index contributed by atoms with van der Waals surface area (Å²) >= 11 is 0.